The third-order valence-corrected chi connectivity index (χ3v) is 13.3. The van der Waals surface area contributed by atoms with Crippen LogP contribution in [0.3, 0.4) is 0 Å². The van der Waals surface area contributed by atoms with Crippen LogP contribution in [0.5, 0.6) is 40.2 Å². The van der Waals surface area contributed by atoms with Gasteiger partial charge >= 0.3 is 12.2 Å². The number of H-pyrrole nitrogens is 2. The van der Waals surface area contributed by atoms with Crippen LogP contribution in [0.1, 0.15) is 71.4 Å². The fourth-order valence-electron chi connectivity index (χ4n) is 10.2. The Kier molecular flexibility index (Phi) is 11.1. The van der Waals surface area contributed by atoms with Gasteiger partial charge in [0.05, 0.1) is 52.8 Å². The predicted molar refractivity (Wildman–Crippen MR) is 242 cm³/mol. The largest absolute Gasteiger partial charge is 0.502 e. The van der Waals surface area contributed by atoms with Crippen molar-refractivity contribution in [2.45, 2.75) is 62.7 Å². The average molecular weight is 916 g/mol. The maximum Gasteiger partial charge on any atom is 0.411 e. The summed E-state index contributed by atoms with van der Waals surface area (Å²) in [6.45, 7) is 0.814. The zero-order chi connectivity index (χ0) is 46.7. The average Bonchev–Trinajstić information content (AvgIpc) is 4.11. The lowest BCUT2D eigenvalue weighted by molar-refractivity contribution is -0.134. The summed E-state index contributed by atoms with van der Waals surface area (Å²) in [6, 6.07) is 16.2. The van der Waals surface area contributed by atoms with Gasteiger partial charge in [0.1, 0.15) is 31.0 Å². The molecular weight excluding hydrogens is 867 g/mol. The molecule has 4 atom stereocenters. The highest BCUT2D eigenvalue weighted by atomic mass is 16.6. The number of phenolic OH excluding ortho intramolecular Hbond substituents is 2. The first kappa shape index (κ1) is 43.1. The number of ketones is 1. The van der Waals surface area contributed by atoms with E-state index in [0.717, 1.165) is 38.6 Å². The van der Waals surface area contributed by atoms with E-state index in [2.05, 4.69) is 15.3 Å². The number of carbonyl (C=O) groups is 4. The van der Waals surface area contributed by atoms with Crippen molar-refractivity contribution in [3.63, 3.8) is 0 Å². The number of carbonyl (C=O) groups excluding carboxylic acids is 4. The number of hydrogen-bond acceptors (Lipinski definition) is 13. The summed E-state index contributed by atoms with van der Waals surface area (Å²) in [4.78, 5) is 63.2. The number of nitrogens with one attached hydrogen (secondary N) is 3. The summed E-state index contributed by atoms with van der Waals surface area (Å²) >= 11 is 0. The monoisotopic (exact) mass is 915 g/mol. The van der Waals surface area contributed by atoms with Crippen molar-refractivity contribution in [3.8, 4) is 40.2 Å². The molecule has 2 saturated heterocycles. The molecule has 348 valence electrons. The van der Waals surface area contributed by atoms with Crippen molar-refractivity contribution in [2.24, 2.45) is 0 Å². The summed E-state index contributed by atoms with van der Waals surface area (Å²) < 4.78 is 38.9. The van der Waals surface area contributed by atoms with Gasteiger partial charge in [-0.15, -0.1) is 0 Å². The summed E-state index contributed by atoms with van der Waals surface area (Å²) in [7, 11) is 5.78. The normalized spacial score (nSPS) is 19.3. The van der Waals surface area contributed by atoms with Crippen LogP contribution in [0, 0.1) is 0 Å². The standard InChI is InChI=1S/C49H49N5O13/c1-61-36-15-24(16-37(62-2)45(36)56)43-41-30(19-26-22-66-48(59)53(26)43)29-21-28(12-13-32(29)50-41)65-14-7-5-6-11-35(55)47(58)52-34-10-8-9-33-40(34)31-20-27-23-67-49(60)54(27)44(42(31)51-33)25-17-38(63-3)46(57)39(18-25)64-4/h8-10,12-13,15-18,21,26-27,43-44,50-51,56-57H,5-7,11,14,19-20,22-23H2,1-4H3,(H,52,58)/t26-,27-,43+,44+/m0/s1. The topological polar surface area (TPSA) is 223 Å². The van der Waals surface area contributed by atoms with Gasteiger partial charge in [-0.2, -0.15) is 0 Å². The molecule has 0 radical (unpaired) electrons. The van der Waals surface area contributed by atoms with Gasteiger partial charge in [0, 0.05) is 39.6 Å². The molecule has 0 saturated carbocycles. The summed E-state index contributed by atoms with van der Waals surface area (Å²) in [5, 5.41) is 25.8. The SMILES string of the molecule is COc1cc([C@@H]2c3[nH]c4ccc(OCCCCCC(=O)C(=O)Nc5cccc6[nH]c7c(c56)C[C@H]5COC(=O)N5[C@@H]7c5cc(OC)c(O)c(OC)c5)cc4c3C[C@H]3COC(=O)N32)cc(OC)c1O. The van der Waals surface area contributed by atoms with Gasteiger partial charge in [-0.1, -0.05) is 6.07 Å². The number of unbranched alkanes of at least 4 members (excludes halogenated alkanes) is 2. The van der Waals surface area contributed by atoms with Gasteiger partial charge in [-0.25, -0.2) is 9.59 Å². The van der Waals surface area contributed by atoms with Crippen LogP contribution in [0.25, 0.3) is 21.8 Å². The number of aromatic hydroxyl groups is 2. The highest BCUT2D eigenvalue weighted by Crippen LogP contribution is 2.49. The number of nitrogens with zero attached hydrogens (tertiary/aromatic N) is 2. The second-order valence-corrected chi connectivity index (χ2v) is 17.0. The first-order valence-corrected chi connectivity index (χ1v) is 22.1. The zero-order valence-electron chi connectivity index (χ0n) is 37.2. The Labute approximate surface area is 383 Å². The van der Waals surface area contributed by atoms with Gasteiger partial charge in [-0.3, -0.25) is 19.4 Å². The molecule has 6 heterocycles. The second-order valence-electron chi connectivity index (χ2n) is 17.0. The summed E-state index contributed by atoms with van der Waals surface area (Å²) in [6.07, 6.45) is 1.97. The number of rotatable bonds is 15. The lowest BCUT2D eigenvalue weighted by atomic mass is 9.88. The Morgan fingerprint density at radius 3 is 1.84 bits per heavy atom. The zero-order valence-corrected chi connectivity index (χ0v) is 37.2. The predicted octanol–water partition coefficient (Wildman–Crippen LogP) is 7.17. The maximum absolute atomic E-state index is 13.4. The van der Waals surface area contributed by atoms with E-state index in [-0.39, 0.29) is 66.2 Å². The Bertz CT molecular complexity index is 2930. The van der Waals surface area contributed by atoms with Gasteiger partial charge in [0.25, 0.3) is 5.91 Å². The van der Waals surface area contributed by atoms with Gasteiger partial charge < -0.3 is 58.7 Å². The van der Waals surface area contributed by atoms with E-state index < -0.39 is 36.0 Å². The third kappa shape index (κ3) is 7.36. The highest BCUT2D eigenvalue weighted by molar-refractivity contribution is 6.41. The molecule has 3 amide bonds. The van der Waals surface area contributed by atoms with Crippen LogP contribution in [-0.4, -0.2) is 114 Å². The molecule has 0 aliphatic carbocycles. The number of fused-ring (bicyclic) bond motifs is 8. The minimum absolute atomic E-state index is 0.0575. The molecule has 2 fully saturated rings. The molecule has 4 aliphatic heterocycles. The molecular formula is C49H49N5O13. The van der Waals surface area contributed by atoms with E-state index in [1.807, 2.05) is 24.3 Å². The number of Topliss-reactive ketones (excluding diaryl/α,β-unsaturated/α-hetero) is 1. The van der Waals surface area contributed by atoms with Crippen molar-refractivity contribution in [1.29, 1.82) is 0 Å². The van der Waals surface area contributed by atoms with E-state index >= 15 is 0 Å². The summed E-state index contributed by atoms with van der Waals surface area (Å²) in [5.41, 5.74) is 6.81. The van der Waals surface area contributed by atoms with Crippen LogP contribution in [0.4, 0.5) is 15.3 Å². The van der Waals surface area contributed by atoms with Crippen LogP contribution < -0.4 is 29.0 Å². The smallest absolute Gasteiger partial charge is 0.411 e. The maximum atomic E-state index is 13.4. The number of anilines is 1. The number of aromatic amines is 2. The number of amides is 3. The van der Waals surface area contributed by atoms with Crippen molar-refractivity contribution in [1.82, 2.24) is 19.8 Å². The van der Waals surface area contributed by atoms with Crippen LogP contribution >= 0.6 is 0 Å². The minimum Gasteiger partial charge on any atom is -0.502 e. The van der Waals surface area contributed by atoms with E-state index in [4.69, 9.17) is 33.2 Å². The Hall–Kier alpha value is -7.76. The number of ether oxygens (including phenoxy) is 7. The lowest BCUT2D eigenvalue weighted by Crippen LogP contribution is -2.42. The molecule has 2 aromatic heterocycles. The van der Waals surface area contributed by atoms with Crippen LogP contribution in [0.15, 0.2) is 60.7 Å². The minimum atomic E-state index is -0.717. The number of hydrogen-bond donors (Lipinski definition) is 5. The van der Waals surface area contributed by atoms with Crippen LogP contribution in [0.2, 0.25) is 0 Å². The number of cyclic esters (lactones) is 2. The Morgan fingerprint density at radius 2 is 1.25 bits per heavy atom. The van der Waals surface area contributed by atoms with Gasteiger partial charge in [0.2, 0.25) is 17.3 Å². The molecule has 10 rings (SSSR count). The molecule has 18 heteroatoms. The molecule has 4 aliphatic rings. The molecule has 5 N–H and O–H groups in total. The number of methoxy groups -OCH3 is 4. The fraction of sp³-hybridized carbons (Fsp3) is 0.347. The van der Waals surface area contributed by atoms with Crippen molar-refractivity contribution in [2.75, 3.05) is 53.6 Å². The second kappa shape index (κ2) is 17.2. The first-order valence-electron chi connectivity index (χ1n) is 22.1. The quantitative estimate of drug-likeness (QED) is 0.0510. The summed E-state index contributed by atoms with van der Waals surface area (Å²) in [5.74, 6) is -0.0853. The van der Waals surface area contributed by atoms with Gasteiger partial charge in [-0.05, 0) is 109 Å². The fourth-order valence-corrected chi connectivity index (χ4v) is 10.2. The first-order chi connectivity index (χ1) is 32.5. The van der Waals surface area contributed by atoms with Crippen LogP contribution in [-0.2, 0) is 31.9 Å². The van der Waals surface area contributed by atoms with E-state index in [9.17, 15) is 29.4 Å². The van der Waals surface area contributed by atoms with E-state index in [0.29, 0.717) is 67.0 Å². The molecule has 67 heavy (non-hydrogen) atoms. The van der Waals surface area contributed by atoms with Crippen molar-refractivity contribution in [3.05, 3.63) is 94.3 Å². The molecule has 0 spiro atoms. The Morgan fingerprint density at radius 1 is 0.701 bits per heavy atom. The molecule has 0 bridgehead atoms. The van der Waals surface area contributed by atoms with E-state index in [1.54, 1.807) is 46.2 Å². The van der Waals surface area contributed by atoms with Crippen molar-refractivity contribution < 1.29 is 62.5 Å². The molecule has 18 nitrogen and oxygen atoms in total. The van der Waals surface area contributed by atoms with E-state index in [1.165, 1.54) is 28.4 Å². The molecule has 0 unspecified atom stereocenters. The Balaban J connectivity index is 0.790. The number of benzene rings is 4. The molecule has 6 aromatic rings. The number of phenols is 2. The van der Waals surface area contributed by atoms with Gasteiger partial charge in [0.15, 0.2) is 23.0 Å². The van der Waals surface area contributed by atoms with Crippen molar-refractivity contribution >= 4 is 51.4 Å². The third-order valence-electron chi connectivity index (χ3n) is 13.3. The molecule has 4 aromatic carbocycles. The number of aromatic nitrogens is 2. The highest BCUT2D eigenvalue weighted by Gasteiger charge is 2.47. The lowest BCUT2D eigenvalue weighted by Gasteiger charge is -2.36.